The molecule has 0 aliphatic heterocycles. The van der Waals surface area contributed by atoms with E-state index in [4.69, 9.17) is 4.74 Å². The lowest BCUT2D eigenvalue weighted by Crippen LogP contribution is -2.56. The Balaban J connectivity index is 2.34. The van der Waals surface area contributed by atoms with E-state index in [2.05, 4.69) is 18.5 Å². The minimum absolute atomic E-state index is 0.248. The van der Waals surface area contributed by atoms with E-state index >= 15 is 0 Å². The SMILES string of the molecule is C=CCc1ccc(CC(Cc2ccc(CC=C)cc2)(NC=O)C(=O)OCC)cc1. The third-order valence-corrected chi connectivity index (χ3v) is 4.82. The van der Waals surface area contributed by atoms with Crippen molar-refractivity contribution in [1.29, 1.82) is 0 Å². The predicted octanol–water partition coefficient (Wildman–Crippen LogP) is 3.98. The van der Waals surface area contributed by atoms with Gasteiger partial charge >= 0.3 is 5.97 Å². The maximum atomic E-state index is 12.9. The smallest absolute Gasteiger partial charge is 0.332 e. The molecule has 0 aliphatic rings. The number of allylic oxidation sites excluding steroid dienone is 2. The summed E-state index contributed by atoms with van der Waals surface area (Å²) in [5.74, 6) is -0.433. The van der Waals surface area contributed by atoms with Crippen LogP contribution in [0.3, 0.4) is 0 Å². The fraction of sp³-hybridized carbons (Fsp3) is 0.280. The van der Waals surface area contributed by atoms with Gasteiger partial charge in [0.15, 0.2) is 0 Å². The second kappa shape index (κ2) is 11.0. The number of nitrogens with one attached hydrogen (secondary N) is 1. The summed E-state index contributed by atoms with van der Waals surface area (Å²) in [6, 6.07) is 16.0. The molecule has 0 radical (unpaired) electrons. The van der Waals surface area contributed by atoms with E-state index in [1.54, 1.807) is 6.92 Å². The van der Waals surface area contributed by atoms with Gasteiger partial charge in [0.05, 0.1) is 6.61 Å². The minimum Gasteiger partial charge on any atom is -0.464 e. The largest absolute Gasteiger partial charge is 0.464 e. The quantitative estimate of drug-likeness (QED) is 0.338. The van der Waals surface area contributed by atoms with Crippen molar-refractivity contribution < 1.29 is 14.3 Å². The Morgan fingerprint density at radius 1 is 0.897 bits per heavy atom. The molecule has 4 heteroatoms. The fourth-order valence-electron chi connectivity index (χ4n) is 3.37. The van der Waals surface area contributed by atoms with E-state index in [9.17, 15) is 9.59 Å². The van der Waals surface area contributed by atoms with Crippen molar-refractivity contribution in [2.75, 3.05) is 6.61 Å². The van der Waals surface area contributed by atoms with Crippen molar-refractivity contribution >= 4 is 12.4 Å². The zero-order valence-corrected chi connectivity index (χ0v) is 17.0. The Morgan fingerprint density at radius 2 is 1.31 bits per heavy atom. The van der Waals surface area contributed by atoms with Gasteiger partial charge in [0.25, 0.3) is 0 Å². The van der Waals surface area contributed by atoms with E-state index in [-0.39, 0.29) is 6.61 Å². The van der Waals surface area contributed by atoms with Crippen LogP contribution in [0, 0.1) is 0 Å². The fourth-order valence-corrected chi connectivity index (χ4v) is 3.37. The van der Waals surface area contributed by atoms with Crippen molar-refractivity contribution in [2.24, 2.45) is 0 Å². The zero-order chi connectivity index (χ0) is 21.1. The van der Waals surface area contributed by atoms with Crippen LogP contribution in [0.4, 0.5) is 0 Å². The van der Waals surface area contributed by atoms with Crippen molar-refractivity contribution in [3.05, 3.63) is 96.1 Å². The number of hydrogen-bond acceptors (Lipinski definition) is 3. The van der Waals surface area contributed by atoms with Crippen LogP contribution in [0.5, 0.6) is 0 Å². The van der Waals surface area contributed by atoms with Crippen molar-refractivity contribution in [2.45, 2.75) is 38.1 Å². The molecule has 0 aliphatic carbocycles. The van der Waals surface area contributed by atoms with E-state index in [0.717, 1.165) is 35.1 Å². The molecule has 0 bridgehead atoms. The standard InChI is InChI=1S/C25H29NO3/c1-4-7-20-9-13-22(14-10-20)17-25(26-19-27,24(28)29-6-3)18-23-15-11-21(8-5-2)12-16-23/h4-5,9-16,19H,1-2,6-8,17-18H2,3H3,(H,26,27). The van der Waals surface area contributed by atoms with Crippen LogP contribution in [-0.4, -0.2) is 24.5 Å². The predicted molar refractivity (Wildman–Crippen MR) is 117 cm³/mol. The molecule has 0 saturated carbocycles. The summed E-state index contributed by atoms with van der Waals surface area (Å²) in [5, 5.41) is 2.77. The molecule has 0 fully saturated rings. The van der Waals surface area contributed by atoms with Crippen LogP contribution >= 0.6 is 0 Å². The van der Waals surface area contributed by atoms with Crippen LogP contribution in [0.1, 0.15) is 29.2 Å². The lowest BCUT2D eigenvalue weighted by Gasteiger charge is -2.31. The molecule has 4 nitrogen and oxygen atoms in total. The summed E-state index contributed by atoms with van der Waals surface area (Å²) in [4.78, 5) is 24.4. The number of benzene rings is 2. The first-order chi connectivity index (χ1) is 14.1. The van der Waals surface area contributed by atoms with Gasteiger partial charge in [-0.1, -0.05) is 60.7 Å². The minimum atomic E-state index is -1.17. The maximum absolute atomic E-state index is 12.9. The zero-order valence-electron chi connectivity index (χ0n) is 17.0. The van der Waals surface area contributed by atoms with Crippen LogP contribution in [0.15, 0.2) is 73.8 Å². The second-order valence-corrected chi connectivity index (χ2v) is 7.04. The summed E-state index contributed by atoms with van der Waals surface area (Å²) < 4.78 is 5.34. The van der Waals surface area contributed by atoms with Gasteiger partial charge in [0.2, 0.25) is 6.41 Å². The number of esters is 1. The van der Waals surface area contributed by atoms with E-state index in [1.165, 1.54) is 0 Å². The molecule has 152 valence electrons. The Labute approximate surface area is 173 Å². The highest BCUT2D eigenvalue weighted by atomic mass is 16.5. The number of ether oxygens (including phenoxy) is 1. The van der Waals surface area contributed by atoms with Crippen molar-refractivity contribution in [3.8, 4) is 0 Å². The molecule has 0 saturated heterocycles. The topological polar surface area (TPSA) is 55.4 Å². The molecule has 29 heavy (non-hydrogen) atoms. The number of carbonyl (C=O) groups is 2. The monoisotopic (exact) mass is 391 g/mol. The first-order valence-corrected chi connectivity index (χ1v) is 9.83. The van der Waals surface area contributed by atoms with Crippen molar-refractivity contribution in [3.63, 3.8) is 0 Å². The van der Waals surface area contributed by atoms with E-state index in [0.29, 0.717) is 19.3 Å². The molecule has 0 aromatic heterocycles. The van der Waals surface area contributed by atoms with Gasteiger partial charge in [0.1, 0.15) is 5.54 Å². The number of amides is 1. The molecular formula is C25H29NO3. The number of hydrogen-bond donors (Lipinski definition) is 1. The van der Waals surface area contributed by atoms with Gasteiger partial charge in [-0.2, -0.15) is 0 Å². The third-order valence-electron chi connectivity index (χ3n) is 4.82. The lowest BCUT2D eigenvalue weighted by atomic mass is 9.84. The second-order valence-electron chi connectivity index (χ2n) is 7.04. The first kappa shape index (κ1) is 22.2. The van der Waals surface area contributed by atoms with Gasteiger partial charge in [-0.15, -0.1) is 13.2 Å². The van der Waals surface area contributed by atoms with Crippen molar-refractivity contribution in [1.82, 2.24) is 5.32 Å². The molecule has 1 amide bonds. The van der Waals surface area contributed by atoms with Gasteiger partial charge in [0, 0.05) is 12.8 Å². The molecule has 0 spiro atoms. The van der Waals surface area contributed by atoms with Gasteiger partial charge in [-0.3, -0.25) is 4.79 Å². The van der Waals surface area contributed by atoms with Gasteiger partial charge < -0.3 is 10.1 Å². The van der Waals surface area contributed by atoms with Crippen LogP contribution in [0.2, 0.25) is 0 Å². The van der Waals surface area contributed by atoms with Crippen LogP contribution < -0.4 is 5.32 Å². The summed E-state index contributed by atoms with van der Waals surface area (Å²) in [5.41, 5.74) is 3.02. The highest BCUT2D eigenvalue weighted by Gasteiger charge is 2.40. The summed E-state index contributed by atoms with van der Waals surface area (Å²) in [6.45, 7) is 9.52. The average molecular weight is 392 g/mol. The molecular weight excluding hydrogens is 362 g/mol. The molecule has 1 N–H and O–H groups in total. The Hall–Kier alpha value is -3.14. The molecule has 0 atom stereocenters. The third kappa shape index (κ3) is 6.18. The molecule has 2 aromatic rings. The number of rotatable bonds is 12. The Bertz CT molecular complexity index is 767. The average Bonchev–Trinajstić information content (AvgIpc) is 2.72. The summed E-state index contributed by atoms with van der Waals surface area (Å²) in [6.07, 6.45) is 6.53. The molecule has 2 aromatic carbocycles. The summed E-state index contributed by atoms with van der Waals surface area (Å²) >= 11 is 0. The van der Waals surface area contributed by atoms with E-state index in [1.807, 2.05) is 60.7 Å². The normalized spacial score (nSPS) is 10.8. The van der Waals surface area contributed by atoms with Crippen LogP contribution in [-0.2, 0) is 40.0 Å². The van der Waals surface area contributed by atoms with Gasteiger partial charge in [-0.25, -0.2) is 4.79 Å². The maximum Gasteiger partial charge on any atom is 0.332 e. The van der Waals surface area contributed by atoms with Crippen LogP contribution in [0.25, 0.3) is 0 Å². The van der Waals surface area contributed by atoms with Gasteiger partial charge in [-0.05, 0) is 42.0 Å². The van der Waals surface area contributed by atoms with E-state index < -0.39 is 11.5 Å². The Kier molecular flexibility index (Phi) is 8.41. The summed E-state index contributed by atoms with van der Waals surface area (Å²) in [7, 11) is 0. The molecule has 2 rings (SSSR count). The highest BCUT2D eigenvalue weighted by Crippen LogP contribution is 2.22. The first-order valence-electron chi connectivity index (χ1n) is 9.83. The molecule has 0 heterocycles. The molecule has 0 unspecified atom stereocenters. The Morgan fingerprint density at radius 3 is 1.66 bits per heavy atom. The highest BCUT2D eigenvalue weighted by molar-refractivity contribution is 5.84. The lowest BCUT2D eigenvalue weighted by molar-refractivity contribution is -0.152. The number of carbonyl (C=O) groups excluding carboxylic acids is 2.